The van der Waals surface area contributed by atoms with Gasteiger partial charge in [-0.2, -0.15) is 0 Å². The molecule has 1 aromatic heterocycles. The Labute approximate surface area is 216 Å². The predicted molar refractivity (Wildman–Crippen MR) is 156 cm³/mol. The smallest absolute Gasteiger partial charge is 0.142 e. The zero-order chi connectivity index (χ0) is 24.9. The van der Waals surface area contributed by atoms with Crippen molar-refractivity contribution >= 4 is 44.5 Å². The lowest BCUT2D eigenvalue weighted by Gasteiger charge is -2.19. The third-order valence-corrected chi connectivity index (χ3v) is 7.74. The standard InChI is InChI=1S/C35H27NO/c1-22-15-16-25(19-23(22)2)37-35-30-14-8-7-13-29(30)34(33-21-36-18-17-31(33)35)32-20-24-9-3-4-10-26(24)27-11-5-6-12-28(27)32/h3-6,9-21H,7-8H2,1-2H3. The van der Waals surface area contributed by atoms with Crippen molar-refractivity contribution in [1.29, 1.82) is 0 Å². The molecule has 0 saturated carbocycles. The van der Waals surface area contributed by atoms with E-state index in [1.54, 1.807) is 0 Å². The summed E-state index contributed by atoms with van der Waals surface area (Å²) in [6, 6.07) is 28.2. The normalized spacial score (nSPS) is 12.8. The number of benzene rings is 5. The van der Waals surface area contributed by atoms with E-state index in [0.29, 0.717) is 0 Å². The summed E-state index contributed by atoms with van der Waals surface area (Å²) < 4.78 is 6.70. The molecule has 0 N–H and O–H groups in total. The number of nitrogens with zero attached hydrogens (tertiary/aromatic N) is 1. The summed E-state index contributed by atoms with van der Waals surface area (Å²) in [4.78, 5) is 4.58. The maximum Gasteiger partial charge on any atom is 0.142 e. The van der Waals surface area contributed by atoms with Crippen LogP contribution in [0.15, 0.2) is 91.3 Å². The van der Waals surface area contributed by atoms with Gasteiger partial charge in [0.25, 0.3) is 0 Å². The van der Waals surface area contributed by atoms with Crippen LogP contribution in [0.3, 0.4) is 0 Å². The second kappa shape index (κ2) is 8.60. The van der Waals surface area contributed by atoms with Crippen LogP contribution < -0.4 is 15.2 Å². The third-order valence-electron chi connectivity index (χ3n) is 7.74. The van der Waals surface area contributed by atoms with Crippen LogP contribution in [0, 0.1) is 13.8 Å². The Morgan fingerprint density at radius 1 is 0.649 bits per heavy atom. The second-order valence-corrected chi connectivity index (χ2v) is 9.98. The number of hydrogen-bond donors (Lipinski definition) is 0. The lowest BCUT2D eigenvalue weighted by molar-refractivity contribution is 0.483. The predicted octanol–water partition coefficient (Wildman–Crippen LogP) is 7.97. The van der Waals surface area contributed by atoms with Gasteiger partial charge in [0.1, 0.15) is 11.5 Å². The van der Waals surface area contributed by atoms with Crippen LogP contribution in [0.1, 0.15) is 24.0 Å². The van der Waals surface area contributed by atoms with Crippen molar-refractivity contribution in [1.82, 2.24) is 4.98 Å². The minimum Gasteiger partial charge on any atom is -0.456 e. The van der Waals surface area contributed by atoms with Crippen LogP contribution >= 0.6 is 0 Å². The molecule has 5 aromatic carbocycles. The minimum absolute atomic E-state index is 0.867. The molecule has 178 valence electrons. The number of fused-ring (bicyclic) bond motifs is 5. The third kappa shape index (κ3) is 3.52. The van der Waals surface area contributed by atoms with Gasteiger partial charge in [0, 0.05) is 28.4 Å². The van der Waals surface area contributed by atoms with Gasteiger partial charge in [-0.15, -0.1) is 0 Å². The van der Waals surface area contributed by atoms with Crippen molar-refractivity contribution in [2.75, 3.05) is 0 Å². The summed E-state index contributed by atoms with van der Waals surface area (Å²) in [5.74, 6) is 1.78. The SMILES string of the molecule is Cc1ccc(Oc2c3c(c(-c4cc5ccccc5c5ccccc45)c4cnccc24)=CCCC=3)cc1C. The molecule has 2 nitrogen and oxygen atoms in total. The van der Waals surface area contributed by atoms with Crippen LogP contribution in [0.5, 0.6) is 11.5 Å². The maximum absolute atomic E-state index is 6.70. The molecule has 0 radical (unpaired) electrons. The minimum atomic E-state index is 0.867. The molecule has 2 heteroatoms. The highest BCUT2D eigenvalue weighted by molar-refractivity contribution is 6.16. The topological polar surface area (TPSA) is 22.1 Å². The first-order valence-electron chi connectivity index (χ1n) is 12.9. The number of rotatable bonds is 3. The summed E-state index contributed by atoms with van der Waals surface area (Å²) >= 11 is 0. The van der Waals surface area contributed by atoms with Crippen LogP contribution in [0.2, 0.25) is 0 Å². The Bertz CT molecular complexity index is 1980. The Morgan fingerprint density at radius 2 is 1.41 bits per heavy atom. The van der Waals surface area contributed by atoms with Crippen LogP contribution in [-0.4, -0.2) is 4.98 Å². The molecular weight excluding hydrogens is 450 g/mol. The van der Waals surface area contributed by atoms with Crippen molar-refractivity contribution in [2.45, 2.75) is 26.7 Å². The maximum atomic E-state index is 6.70. The van der Waals surface area contributed by atoms with Gasteiger partial charge in [-0.1, -0.05) is 66.7 Å². The Kier molecular flexibility index (Phi) is 5.07. The number of hydrogen-bond acceptors (Lipinski definition) is 2. The van der Waals surface area contributed by atoms with Gasteiger partial charge < -0.3 is 4.74 Å². The van der Waals surface area contributed by atoms with Gasteiger partial charge in [0.15, 0.2) is 0 Å². The van der Waals surface area contributed by atoms with Gasteiger partial charge in [-0.3, -0.25) is 4.98 Å². The molecule has 0 aliphatic heterocycles. The number of aryl methyl sites for hydroxylation is 2. The van der Waals surface area contributed by atoms with E-state index < -0.39 is 0 Å². The van der Waals surface area contributed by atoms with Crippen LogP contribution in [0.4, 0.5) is 0 Å². The van der Waals surface area contributed by atoms with Crippen LogP contribution in [-0.2, 0) is 0 Å². The Hall–Kier alpha value is -4.43. The van der Waals surface area contributed by atoms with Crippen molar-refractivity contribution in [2.24, 2.45) is 0 Å². The average Bonchev–Trinajstić information content (AvgIpc) is 2.95. The molecular formula is C35H27NO. The molecule has 0 saturated heterocycles. The van der Waals surface area contributed by atoms with Gasteiger partial charge in [0.05, 0.1) is 0 Å². The fraction of sp³-hybridized carbons (Fsp3) is 0.114. The average molecular weight is 478 g/mol. The van der Waals surface area contributed by atoms with Crippen molar-refractivity contribution in [3.05, 3.63) is 113 Å². The molecule has 0 unspecified atom stereocenters. The molecule has 0 fully saturated rings. The van der Waals surface area contributed by atoms with Crippen molar-refractivity contribution < 1.29 is 4.74 Å². The summed E-state index contributed by atoms with van der Waals surface area (Å²) in [7, 11) is 0. The molecule has 0 spiro atoms. The van der Waals surface area contributed by atoms with E-state index in [2.05, 4.69) is 110 Å². The van der Waals surface area contributed by atoms with Crippen molar-refractivity contribution in [3.63, 3.8) is 0 Å². The van der Waals surface area contributed by atoms with E-state index in [0.717, 1.165) is 35.1 Å². The number of aromatic nitrogens is 1. The molecule has 1 aliphatic carbocycles. The van der Waals surface area contributed by atoms with E-state index in [-0.39, 0.29) is 0 Å². The monoisotopic (exact) mass is 477 g/mol. The largest absolute Gasteiger partial charge is 0.456 e. The molecule has 0 bridgehead atoms. The zero-order valence-corrected chi connectivity index (χ0v) is 21.1. The van der Waals surface area contributed by atoms with Gasteiger partial charge in [-0.05, 0) is 100.0 Å². The second-order valence-electron chi connectivity index (χ2n) is 9.98. The summed E-state index contributed by atoms with van der Waals surface area (Å²) in [6.45, 7) is 4.26. The lowest BCUT2D eigenvalue weighted by atomic mass is 9.88. The highest BCUT2D eigenvalue weighted by Crippen LogP contribution is 2.38. The molecule has 0 amide bonds. The van der Waals surface area contributed by atoms with E-state index in [1.165, 1.54) is 54.2 Å². The quantitative estimate of drug-likeness (QED) is 0.241. The van der Waals surface area contributed by atoms with Crippen LogP contribution in [0.25, 0.3) is 55.6 Å². The summed E-state index contributed by atoms with van der Waals surface area (Å²) in [6.07, 6.45) is 10.6. The molecule has 37 heavy (non-hydrogen) atoms. The lowest BCUT2D eigenvalue weighted by Crippen LogP contribution is -2.31. The van der Waals surface area contributed by atoms with Gasteiger partial charge in [-0.25, -0.2) is 0 Å². The molecule has 0 atom stereocenters. The molecule has 6 aromatic rings. The first kappa shape index (κ1) is 21.8. The summed E-state index contributed by atoms with van der Waals surface area (Å²) in [5.41, 5.74) is 4.98. The first-order valence-corrected chi connectivity index (χ1v) is 12.9. The van der Waals surface area contributed by atoms with E-state index in [1.807, 2.05) is 12.4 Å². The Morgan fingerprint density at radius 3 is 2.24 bits per heavy atom. The molecule has 1 aliphatic rings. The Balaban J connectivity index is 1.60. The zero-order valence-electron chi connectivity index (χ0n) is 21.1. The first-order chi connectivity index (χ1) is 18.2. The van der Waals surface area contributed by atoms with E-state index in [9.17, 15) is 0 Å². The fourth-order valence-corrected chi connectivity index (χ4v) is 5.77. The molecule has 7 rings (SSSR count). The van der Waals surface area contributed by atoms with Gasteiger partial charge in [0.2, 0.25) is 0 Å². The van der Waals surface area contributed by atoms with Crippen molar-refractivity contribution in [3.8, 4) is 22.6 Å². The molecule has 1 heterocycles. The number of ether oxygens (including phenoxy) is 1. The highest BCUT2D eigenvalue weighted by Gasteiger charge is 2.19. The summed E-state index contributed by atoms with van der Waals surface area (Å²) in [5, 5.41) is 9.69. The van der Waals surface area contributed by atoms with E-state index in [4.69, 9.17) is 4.74 Å². The fourth-order valence-electron chi connectivity index (χ4n) is 5.77. The van der Waals surface area contributed by atoms with Gasteiger partial charge >= 0.3 is 0 Å². The number of pyridine rings is 1. The highest BCUT2D eigenvalue weighted by atomic mass is 16.5. The van der Waals surface area contributed by atoms with E-state index >= 15 is 0 Å².